The van der Waals surface area contributed by atoms with Gasteiger partial charge in [-0.15, -0.1) is 5.10 Å². The second kappa shape index (κ2) is 8.36. The van der Waals surface area contributed by atoms with Gasteiger partial charge in [-0.05, 0) is 24.5 Å². The van der Waals surface area contributed by atoms with E-state index in [9.17, 15) is 19.2 Å². The number of hydrogen-bond acceptors (Lipinski definition) is 7. The smallest absolute Gasteiger partial charge is 0.362 e. The number of carbonyl (C=O) groups is 1. The van der Waals surface area contributed by atoms with E-state index >= 15 is 0 Å². The molecule has 0 atom stereocenters. The van der Waals surface area contributed by atoms with E-state index < -0.39 is 22.9 Å². The Balaban J connectivity index is 2.13. The molecule has 3 N–H and O–H groups in total. The Kier molecular flexibility index (Phi) is 6.00. The van der Waals surface area contributed by atoms with Crippen LogP contribution >= 0.6 is 23.2 Å². The minimum atomic E-state index is -1.62. The summed E-state index contributed by atoms with van der Waals surface area (Å²) in [5, 5.41) is 18.8. The lowest BCUT2D eigenvalue weighted by atomic mass is 10.1. The van der Waals surface area contributed by atoms with Crippen molar-refractivity contribution in [1.29, 1.82) is 0 Å². The zero-order chi connectivity index (χ0) is 23.0. The van der Waals surface area contributed by atoms with Gasteiger partial charge in [-0.2, -0.15) is 9.78 Å². The Morgan fingerprint density at radius 1 is 1.19 bits per heavy atom. The molecule has 0 saturated carbocycles. The lowest BCUT2D eigenvalue weighted by Crippen LogP contribution is -2.36. The van der Waals surface area contributed by atoms with Gasteiger partial charge in [-0.3, -0.25) is 14.6 Å². The van der Waals surface area contributed by atoms with Crippen molar-refractivity contribution in [3.8, 4) is 17.3 Å². The number of rotatable bonds is 5. The molecule has 0 amide bonds. The van der Waals surface area contributed by atoms with Gasteiger partial charge in [0.05, 0.1) is 15.7 Å². The Morgan fingerprint density at radius 2 is 1.87 bits per heavy atom. The summed E-state index contributed by atoms with van der Waals surface area (Å²) in [7, 11) is 0. The van der Waals surface area contributed by atoms with Gasteiger partial charge in [0.25, 0.3) is 11.1 Å². The number of carboxylic acid groups (broad SMARTS) is 1. The second-order valence-corrected chi connectivity index (χ2v) is 7.50. The van der Waals surface area contributed by atoms with Crippen molar-refractivity contribution in [3.63, 3.8) is 0 Å². The Morgan fingerprint density at radius 3 is 2.48 bits per heavy atom. The van der Waals surface area contributed by atoms with Gasteiger partial charge in [0, 0.05) is 11.6 Å². The molecule has 1 aromatic carbocycles. The molecule has 0 unspecified atom stereocenters. The largest absolute Gasteiger partial charge is 0.476 e. The highest BCUT2D eigenvalue weighted by atomic mass is 35.5. The molecule has 2 heterocycles. The van der Waals surface area contributed by atoms with E-state index in [1.165, 1.54) is 19.1 Å². The van der Waals surface area contributed by atoms with Crippen molar-refractivity contribution >= 4 is 29.2 Å². The van der Waals surface area contributed by atoms with Crippen LogP contribution in [0.2, 0.25) is 10.0 Å². The number of hydrogen-bond donors (Lipinski definition) is 3. The van der Waals surface area contributed by atoms with Crippen molar-refractivity contribution in [2.45, 2.75) is 26.7 Å². The molecule has 11 nitrogen and oxygen atoms in total. The van der Waals surface area contributed by atoms with Crippen molar-refractivity contribution in [3.05, 3.63) is 70.2 Å². The van der Waals surface area contributed by atoms with Crippen LogP contribution in [0.4, 0.5) is 0 Å². The number of ether oxygens (including phenoxy) is 1. The maximum Gasteiger partial charge on any atom is 0.362 e. The number of halogens is 2. The molecule has 0 fully saturated rings. The molecule has 3 aromatic rings. The first-order valence-corrected chi connectivity index (χ1v) is 9.50. The van der Waals surface area contributed by atoms with Gasteiger partial charge in [0.15, 0.2) is 5.75 Å². The molecule has 31 heavy (non-hydrogen) atoms. The molecule has 0 saturated heterocycles. The monoisotopic (exact) mass is 467 g/mol. The van der Waals surface area contributed by atoms with Crippen LogP contribution in [-0.4, -0.2) is 36.0 Å². The summed E-state index contributed by atoms with van der Waals surface area (Å²) in [6, 6.07) is 2.72. The Hall–Kier alpha value is -3.44. The summed E-state index contributed by atoms with van der Waals surface area (Å²) in [5.74, 6) is -1.68. The molecule has 2 aromatic heterocycles. The van der Waals surface area contributed by atoms with Crippen LogP contribution in [0.5, 0.6) is 11.6 Å². The highest BCUT2D eigenvalue weighted by molar-refractivity contribution is 6.38. The predicted octanol–water partition coefficient (Wildman–Crippen LogP) is 2.23. The standard InChI is InChI=1S/C18H15Cl2N5O6/c1-6(2)8-4-11(22-23-15(8)26)31-14-9(19)5-10(7(3)12(14)20)25-18(30)21-16(27)13(24-25)17(28)29/h4-6H,1-3H3,(H,23,26)(H,28,29)(H,21,27,30). The van der Waals surface area contributed by atoms with Crippen molar-refractivity contribution in [2.24, 2.45) is 0 Å². The number of aromatic nitrogens is 5. The van der Waals surface area contributed by atoms with E-state index in [0.29, 0.717) is 10.2 Å². The van der Waals surface area contributed by atoms with Gasteiger partial charge >= 0.3 is 11.7 Å². The molecule has 0 aliphatic heterocycles. The number of nitrogens with one attached hydrogen (secondary N) is 2. The summed E-state index contributed by atoms with van der Waals surface area (Å²) in [6.45, 7) is 5.17. The number of aromatic carboxylic acids is 1. The summed E-state index contributed by atoms with van der Waals surface area (Å²) in [4.78, 5) is 48.7. The van der Waals surface area contributed by atoms with Crippen LogP contribution < -0.4 is 21.5 Å². The minimum Gasteiger partial charge on any atom is -0.476 e. The first-order chi connectivity index (χ1) is 14.5. The minimum absolute atomic E-state index is 0.00484. The summed E-state index contributed by atoms with van der Waals surface area (Å²) in [5.41, 5.74) is -2.64. The zero-order valence-corrected chi connectivity index (χ0v) is 17.8. The van der Waals surface area contributed by atoms with Gasteiger partial charge in [-0.25, -0.2) is 14.7 Å². The molecule has 3 rings (SSSR count). The van der Waals surface area contributed by atoms with Crippen LogP contribution in [0.3, 0.4) is 0 Å². The van der Waals surface area contributed by atoms with Crippen molar-refractivity contribution in [2.75, 3.05) is 0 Å². The van der Waals surface area contributed by atoms with Gasteiger partial charge in [0.2, 0.25) is 11.6 Å². The van der Waals surface area contributed by atoms with Crippen LogP contribution in [-0.2, 0) is 0 Å². The number of nitrogens with zero attached hydrogens (tertiary/aromatic N) is 3. The fraction of sp³-hybridized carbons (Fsp3) is 0.222. The van der Waals surface area contributed by atoms with E-state index in [0.717, 1.165) is 0 Å². The average Bonchev–Trinajstić information content (AvgIpc) is 2.69. The molecule has 0 aliphatic rings. The SMILES string of the molecule is Cc1c(-n2nc(C(=O)O)c(=O)[nH]c2=O)cc(Cl)c(Oc2cc(C(C)C)c(=O)[nH]n2)c1Cl. The fourth-order valence-electron chi connectivity index (χ4n) is 2.69. The lowest BCUT2D eigenvalue weighted by molar-refractivity contribution is 0.0685. The van der Waals surface area contributed by atoms with E-state index in [1.807, 2.05) is 18.8 Å². The molecule has 0 radical (unpaired) electrons. The quantitative estimate of drug-likeness (QED) is 0.514. The Bertz CT molecular complexity index is 1380. The third-order valence-electron chi connectivity index (χ3n) is 4.29. The first-order valence-electron chi connectivity index (χ1n) is 8.74. The maximum atomic E-state index is 12.2. The van der Waals surface area contributed by atoms with Gasteiger partial charge in [0.1, 0.15) is 0 Å². The van der Waals surface area contributed by atoms with Crippen LogP contribution in [0.1, 0.15) is 41.4 Å². The highest BCUT2D eigenvalue weighted by Crippen LogP contribution is 2.40. The van der Waals surface area contributed by atoms with Crippen LogP contribution in [0.15, 0.2) is 26.5 Å². The second-order valence-electron chi connectivity index (χ2n) is 6.72. The molecule has 13 heteroatoms. The van der Waals surface area contributed by atoms with Crippen molar-refractivity contribution in [1.82, 2.24) is 25.0 Å². The van der Waals surface area contributed by atoms with Crippen molar-refractivity contribution < 1.29 is 14.6 Å². The molecule has 0 spiro atoms. The number of benzene rings is 1. The number of aromatic amines is 2. The molecule has 0 aliphatic carbocycles. The third kappa shape index (κ3) is 4.23. The van der Waals surface area contributed by atoms with Crippen LogP contribution in [0.25, 0.3) is 5.69 Å². The molecular formula is C18H15Cl2N5O6. The average molecular weight is 468 g/mol. The maximum absolute atomic E-state index is 12.2. The summed E-state index contributed by atoms with van der Waals surface area (Å²) >= 11 is 12.7. The number of carboxylic acids is 1. The van der Waals surface area contributed by atoms with E-state index in [1.54, 1.807) is 0 Å². The van der Waals surface area contributed by atoms with Gasteiger partial charge < -0.3 is 9.84 Å². The fourth-order valence-corrected chi connectivity index (χ4v) is 3.21. The molecule has 0 bridgehead atoms. The normalized spacial score (nSPS) is 11.0. The zero-order valence-electron chi connectivity index (χ0n) is 16.3. The summed E-state index contributed by atoms with van der Waals surface area (Å²) in [6.07, 6.45) is 0. The third-order valence-corrected chi connectivity index (χ3v) is 5.03. The first kappa shape index (κ1) is 22.2. The predicted molar refractivity (Wildman–Crippen MR) is 111 cm³/mol. The van der Waals surface area contributed by atoms with Crippen LogP contribution in [0, 0.1) is 6.92 Å². The van der Waals surface area contributed by atoms with E-state index in [2.05, 4.69) is 15.3 Å². The van der Waals surface area contributed by atoms with E-state index in [-0.39, 0.29) is 44.4 Å². The highest BCUT2D eigenvalue weighted by Gasteiger charge is 2.21. The lowest BCUT2D eigenvalue weighted by Gasteiger charge is -2.15. The Labute approximate surface area is 183 Å². The molecule has 162 valence electrons. The van der Waals surface area contributed by atoms with E-state index in [4.69, 9.17) is 33.0 Å². The number of H-pyrrole nitrogens is 2. The van der Waals surface area contributed by atoms with Gasteiger partial charge in [-0.1, -0.05) is 37.0 Å². The summed E-state index contributed by atoms with van der Waals surface area (Å²) < 4.78 is 6.33. The molecular weight excluding hydrogens is 453 g/mol. The topological polar surface area (TPSA) is 160 Å².